The Kier molecular flexibility index (Phi) is 2.24. The van der Waals surface area contributed by atoms with Crippen LogP contribution in [0.15, 0.2) is 22.7 Å². The molecule has 1 aliphatic rings. The van der Waals surface area contributed by atoms with Gasteiger partial charge >= 0.3 is 0 Å². The van der Waals surface area contributed by atoms with Crippen LogP contribution in [0.1, 0.15) is 30.4 Å². The van der Waals surface area contributed by atoms with Gasteiger partial charge in [-0.3, -0.25) is 4.79 Å². The maximum absolute atomic E-state index is 11.3. The Morgan fingerprint density at radius 2 is 2.31 bits per heavy atom. The maximum Gasteiger partial charge on any atom is 0.137 e. The fourth-order valence-electron chi connectivity index (χ4n) is 2.00. The predicted molar refractivity (Wildman–Crippen MR) is 55.9 cm³/mol. The van der Waals surface area contributed by atoms with Gasteiger partial charge in [-0.1, -0.05) is 22.0 Å². The Morgan fingerprint density at radius 3 is 3.00 bits per heavy atom. The van der Waals surface area contributed by atoms with Gasteiger partial charge in [-0.25, -0.2) is 0 Å². The number of carbonyl (C=O) groups excluding carboxylic acids is 1. The minimum atomic E-state index is 0.146. The minimum Gasteiger partial charge on any atom is -0.299 e. The van der Waals surface area contributed by atoms with Crippen molar-refractivity contribution in [1.29, 1.82) is 0 Å². The van der Waals surface area contributed by atoms with E-state index < -0.39 is 0 Å². The summed E-state index contributed by atoms with van der Waals surface area (Å²) in [5.41, 5.74) is 2.56. The predicted octanol–water partition coefficient (Wildman–Crippen LogP) is 3.07. The average molecular weight is 239 g/mol. The van der Waals surface area contributed by atoms with E-state index in [1.807, 2.05) is 6.07 Å². The highest BCUT2D eigenvalue weighted by molar-refractivity contribution is 9.10. The molecule has 1 nitrogen and oxygen atoms in total. The standard InChI is InChI=1S/C11H11BrO/c1-7(13)10-5-3-8-2-4-9(12)6-11(8)10/h2,4,6,10H,3,5H2,1H3. The number of benzene rings is 1. The Balaban J connectivity index is 2.46. The topological polar surface area (TPSA) is 17.1 Å². The second kappa shape index (κ2) is 3.26. The van der Waals surface area contributed by atoms with E-state index in [1.54, 1.807) is 6.92 Å². The number of carbonyl (C=O) groups is 1. The number of aryl methyl sites for hydroxylation is 1. The molecule has 2 heteroatoms. The van der Waals surface area contributed by atoms with E-state index in [0.29, 0.717) is 0 Å². The van der Waals surface area contributed by atoms with Gasteiger partial charge in [0.2, 0.25) is 0 Å². The number of fused-ring (bicyclic) bond motifs is 1. The van der Waals surface area contributed by atoms with Crippen molar-refractivity contribution >= 4 is 21.7 Å². The molecule has 13 heavy (non-hydrogen) atoms. The summed E-state index contributed by atoms with van der Waals surface area (Å²) in [4.78, 5) is 11.3. The van der Waals surface area contributed by atoms with Gasteiger partial charge in [0.25, 0.3) is 0 Å². The first-order chi connectivity index (χ1) is 6.18. The lowest BCUT2D eigenvalue weighted by atomic mass is 9.98. The molecule has 68 valence electrons. The Morgan fingerprint density at radius 1 is 1.54 bits per heavy atom. The number of halogens is 1. The molecule has 1 atom stereocenters. The van der Waals surface area contributed by atoms with Gasteiger partial charge in [0.15, 0.2) is 0 Å². The smallest absolute Gasteiger partial charge is 0.137 e. The summed E-state index contributed by atoms with van der Waals surface area (Å²) in [6, 6.07) is 6.23. The zero-order valence-electron chi connectivity index (χ0n) is 7.51. The van der Waals surface area contributed by atoms with Crippen LogP contribution in [0.5, 0.6) is 0 Å². The van der Waals surface area contributed by atoms with Crippen LogP contribution in [-0.2, 0) is 11.2 Å². The Hall–Kier alpha value is -0.630. The lowest BCUT2D eigenvalue weighted by molar-refractivity contribution is -0.118. The van der Waals surface area contributed by atoms with E-state index >= 15 is 0 Å². The quantitative estimate of drug-likeness (QED) is 0.736. The molecule has 1 aromatic carbocycles. The third-order valence-electron chi connectivity index (χ3n) is 2.68. The van der Waals surface area contributed by atoms with Gasteiger partial charge in [0.05, 0.1) is 0 Å². The maximum atomic E-state index is 11.3. The van der Waals surface area contributed by atoms with Crippen molar-refractivity contribution < 1.29 is 4.79 Å². The van der Waals surface area contributed by atoms with Crippen LogP contribution in [0.2, 0.25) is 0 Å². The van der Waals surface area contributed by atoms with E-state index in [2.05, 4.69) is 28.1 Å². The van der Waals surface area contributed by atoms with Crippen LogP contribution >= 0.6 is 15.9 Å². The van der Waals surface area contributed by atoms with Gasteiger partial charge in [-0.2, -0.15) is 0 Å². The third kappa shape index (κ3) is 1.55. The molecule has 0 saturated carbocycles. The third-order valence-corrected chi connectivity index (χ3v) is 3.17. The highest BCUT2D eigenvalue weighted by Crippen LogP contribution is 2.35. The van der Waals surface area contributed by atoms with Crippen molar-refractivity contribution in [2.24, 2.45) is 0 Å². The molecule has 0 fully saturated rings. The summed E-state index contributed by atoms with van der Waals surface area (Å²) in [6.07, 6.45) is 2.04. The van der Waals surface area contributed by atoms with Crippen molar-refractivity contribution in [3.8, 4) is 0 Å². The number of rotatable bonds is 1. The van der Waals surface area contributed by atoms with Gasteiger partial charge in [-0.05, 0) is 43.0 Å². The molecule has 0 radical (unpaired) electrons. The van der Waals surface area contributed by atoms with Crippen molar-refractivity contribution in [3.63, 3.8) is 0 Å². The molecule has 0 aromatic heterocycles. The lowest BCUT2D eigenvalue weighted by Gasteiger charge is -2.06. The minimum absolute atomic E-state index is 0.146. The summed E-state index contributed by atoms with van der Waals surface area (Å²) < 4.78 is 1.07. The van der Waals surface area contributed by atoms with Crippen LogP contribution in [0.25, 0.3) is 0 Å². The number of hydrogen-bond donors (Lipinski definition) is 0. The van der Waals surface area contributed by atoms with Crippen molar-refractivity contribution in [2.75, 3.05) is 0 Å². The molecule has 0 saturated heterocycles. The Bertz CT molecular complexity index is 357. The van der Waals surface area contributed by atoms with Crippen LogP contribution in [0, 0.1) is 0 Å². The van der Waals surface area contributed by atoms with Gasteiger partial charge < -0.3 is 0 Å². The molecular weight excluding hydrogens is 228 g/mol. The largest absolute Gasteiger partial charge is 0.299 e. The summed E-state index contributed by atoms with van der Waals surface area (Å²) in [7, 11) is 0. The highest BCUT2D eigenvalue weighted by Gasteiger charge is 2.25. The molecule has 0 bridgehead atoms. The van der Waals surface area contributed by atoms with E-state index in [0.717, 1.165) is 17.3 Å². The van der Waals surface area contributed by atoms with Gasteiger partial charge in [-0.15, -0.1) is 0 Å². The zero-order valence-corrected chi connectivity index (χ0v) is 9.10. The van der Waals surface area contributed by atoms with E-state index in [-0.39, 0.29) is 11.7 Å². The Labute approximate surface area is 86.3 Å². The average Bonchev–Trinajstić information content (AvgIpc) is 2.46. The van der Waals surface area contributed by atoms with Crippen molar-refractivity contribution in [2.45, 2.75) is 25.7 Å². The van der Waals surface area contributed by atoms with E-state index in [9.17, 15) is 4.79 Å². The van der Waals surface area contributed by atoms with Crippen molar-refractivity contribution in [1.82, 2.24) is 0 Å². The number of hydrogen-bond acceptors (Lipinski definition) is 1. The molecule has 0 amide bonds. The second-order valence-corrected chi connectivity index (χ2v) is 4.46. The molecule has 0 heterocycles. The van der Waals surface area contributed by atoms with Crippen LogP contribution in [0.3, 0.4) is 0 Å². The normalized spacial score (nSPS) is 20.0. The van der Waals surface area contributed by atoms with Gasteiger partial charge in [0.1, 0.15) is 5.78 Å². The number of ketones is 1. The monoisotopic (exact) mass is 238 g/mol. The van der Waals surface area contributed by atoms with E-state index in [4.69, 9.17) is 0 Å². The fourth-order valence-corrected chi connectivity index (χ4v) is 2.37. The summed E-state index contributed by atoms with van der Waals surface area (Å²) >= 11 is 3.43. The lowest BCUT2D eigenvalue weighted by Crippen LogP contribution is -2.04. The molecular formula is C11H11BrO. The molecule has 1 unspecified atom stereocenters. The first-order valence-electron chi connectivity index (χ1n) is 4.47. The highest BCUT2D eigenvalue weighted by atomic mass is 79.9. The van der Waals surface area contributed by atoms with E-state index in [1.165, 1.54) is 11.1 Å². The molecule has 1 aliphatic carbocycles. The zero-order chi connectivity index (χ0) is 9.42. The van der Waals surface area contributed by atoms with Crippen LogP contribution in [0.4, 0.5) is 0 Å². The van der Waals surface area contributed by atoms with Crippen LogP contribution in [-0.4, -0.2) is 5.78 Å². The summed E-state index contributed by atoms with van der Waals surface area (Å²) in [5.74, 6) is 0.435. The SMILES string of the molecule is CC(=O)C1CCc2ccc(Br)cc21. The number of Topliss-reactive ketones (excluding diaryl/α,β-unsaturated/α-hetero) is 1. The van der Waals surface area contributed by atoms with Crippen molar-refractivity contribution in [3.05, 3.63) is 33.8 Å². The molecule has 0 aliphatic heterocycles. The fraction of sp³-hybridized carbons (Fsp3) is 0.364. The first-order valence-corrected chi connectivity index (χ1v) is 5.26. The van der Waals surface area contributed by atoms with Gasteiger partial charge in [0, 0.05) is 10.4 Å². The molecule has 1 aromatic rings. The summed E-state index contributed by atoms with van der Waals surface area (Å²) in [5, 5.41) is 0. The first kappa shape index (κ1) is 8.95. The molecule has 0 spiro atoms. The summed E-state index contributed by atoms with van der Waals surface area (Å²) in [6.45, 7) is 1.68. The molecule has 2 rings (SSSR count). The molecule has 0 N–H and O–H groups in total. The van der Waals surface area contributed by atoms with Crippen LogP contribution < -0.4 is 0 Å². The second-order valence-electron chi connectivity index (χ2n) is 3.55.